The predicted molar refractivity (Wildman–Crippen MR) is 100 cm³/mol. The molecule has 1 aromatic heterocycles. The second-order valence-electron chi connectivity index (χ2n) is 5.38. The molecule has 0 spiro atoms. The highest BCUT2D eigenvalue weighted by atomic mass is 32.1. The van der Waals surface area contributed by atoms with Crippen LogP contribution in [0.4, 0.5) is 5.00 Å². The molecular weight excluding hydrogens is 354 g/mol. The number of aryl methyl sites for hydroxylation is 1. The van der Waals surface area contributed by atoms with Gasteiger partial charge in [0, 0.05) is 11.0 Å². The van der Waals surface area contributed by atoms with Gasteiger partial charge >= 0.3 is 11.9 Å². The number of hydrogen-bond acceptors (Lipinski definition) is 6. The van der Waals surface area contributed by atoms with E-state index in [2.05, 4.69) is 5.32 Å². The Balaban J connectivity index is 1.93. The lowest BCUT2D eigenvalue weighted by Crippen LogP contribution is -2.21. The molecule has 0 unspecified atom stereocenters. The third-order valence-electron chi connectivity index (χ3n) is 3.58. The number of carbonyl (C=O) groups is 3. The summed E-state index contributed by atoms with van der Waals surface area (Å²) in [5.74, 6) is -1.68. The molecule has 0 aliphatic carbocycles. The van der Waals surface area contributed by atoms with Gasteiger partial charge in [-0.15, -0.1) is 11.3 Å². The fourth-order valence-electron chi connectivity index (χ4n) is 2.14. The Hall–Kier alpha value is -2.93. The zero-order valence-electron chi connectivity index (χ0n) is 14.7. The van der Waals surface area contributed by atoms with Crippen LogP contribution in [0.2, 0.25) is 0 Å². The van der Waals surface area contributed by atoms with E-state index < -0.39 is 24.5 Å². The maximum absolute atomic E-state index is 12.0. The van der Waals surface area contributed by atoms with Gasteiger partial charge in [-0.1, -0.05) is 30.3 Å². The number of hydrogen-bond donors (Lipinski definition) is 1. The molecule has 1 amide bonds. The predicted octanol–water partition coefficient (Wildman–Crippen LogP) is 3.35. The van der Waals surface area contributed by atoms with Crippen molar-refractivity contribution in [1.29, 1.82) is 0 Å². The molecule has 0 bridgehead atoms. The van der Waals surface area contributed by atoms with Crippen molar-refractivity contribution in [3.8, 4) is 0 Å². The maximum Gasteiger partial charge on any atom is 0.341 e. The number of carbonyl (C=O) groups excluding carboxylic acids is 3. The van der Waals surface area contributed by atoms with Gasteiger partial charge in [0.1, 0.15) is 5.00 Å². The Morgan fingerprint density at radius 2 is 1.85 bits per heavy atom. The second kappa shape index (κ2) is 8.96. The van der Waals surface area contributed by atoms with Gasteiger partial charge < -0.3 is 14.8 Å². The second-order valence-corrected chi connectivity index (χ2v) is 6.60. The Morgan fingerprint density at radius 3 is 2.50 bits per heavy atom. The van der Waals surface area contributed by atoms with Gasteiger partial charge in [0.15, 0.2) is 6.61 Å². The van der Waals surface area contributed by atoms with Crippen molar-refractivity contribution < 1.29 is 23.9 Å². The number of methoxy groups -OCH3 is 1. The van der Waals surface area contributed by atoms with Crippen molar-refractivity contribution >= 4 is 40.3 Å². The minimum atomic E-state index is -0.629. The van der Waals surface area contributed by atoms with E-state index in [1.54, 1.807) is 13.0 Å². The van der Waals surface area contributed by atoms with Crippen LogP contribution in [0.5, 0.6) is 0 Å². The monoisotopic (exact) mass is 373 g/mol. The molecule has 1 heterocycles. The number of nitrogens with one attached hydrogen (secondary N) is 1. The highest BCUT2D eigenvalue weighted by Crippen LogP contribution is 2.32. The molecule has 2 rings (SSSR count). The molecule has 0 saturated carbocycles. The van der Waals surface area contributed by atoms with Crippen LogP contribution in [0.1, 0.15) is 26.4 Å². The average Bonchev–Trinajstić information content (AvgIpc) is 2.92. The fourth-order valence-corrected chi connectivity index (χ4v) is 3.20. The summed E-state index contributed by atoms with van der Waals surface area (Å²) in [6.45, 7) is 3.17. The molecule has 6 nitrogen and oxygen atoms in total. The van der Waals surface area contributed by atoms with Crippen molar-refractivity contribution in [2.24, 2.45) is 0 Å². The van der Waals surface area contributed by atoms with Crippen molar-refractivity contribution in [3.05, 3.63) is 58.0 Å². The van der Waals surface area contributed by atoms with Crippen molar-refractivity contribution in [3.63, 3.8) is 0 Å². The number of benzene rings is 1. The van der Waals surface area contributed by atoms with E-state index in [0.29, 0.717) is 10.6 Å². The fraction of sp³-hybridized carbons (Fsp3) is 0.211. The summed E-state index contributed by atoms with van der Waals surface area (Å²) in [7, 11) is 1.28. The van der Waals surface area contributed by atoms with Crippen LogP contribution >= 0.6 is 11.3 Å². The molecule has 1 N–H and O–H groups in total. The van der Waals surface area contributed by atoms with Crippen LogP contribution in [0, 0.1) is 13.8 Å². The van der Waals surface area contributed by atoms with Crippen LogP contribution in [-0.2, 0) is 19.1 Å². The van der Waals surface area contributed by atoms with E-state index >= 15 is 0 Å². The number of thiophene rings is 1. The van der Waals surface area contributed by atoms with E-state index in [-0.39, 0.29) is 0 Å². The lowest BCUT2D eigenvalue weighted by atomic mass is 10.1. The SMILES string of the molecule is COC(=O)c1c(NC(=O)COC(=O)/C=C/c2ccccc2)sc(C)c1C. The maximum atomic E-state index is 12.0. The summed E-state index contributed by atoms with van der Waals surface area (Å²) in [6.07, 6.45) is 2.85. The molecule has 0 aliphatic heterocycles. The molecule has 0 fully saturated rings. The number of ether oxygens (including phenoxy) is 2. The van der Waals surface area contributed by atoms with E-state index in [1.165, 1.54) is 24.5 Å². The smallest absolute Gasteiger partial charge is 0.341 e. The first-order valence-corrected chi connectivity index (χ1v) is 8.62. The van der Waals surface area contributed by atoms with Gasteiger partial charge in [-0.05, 0) is 31.1 Å². The number of esters is 2. The minimum absolute atomic E-state index is 0.318. The highest BCUT2D eigenvalue weighted by molar-refractivity contribution is 7.16. The quantitative estimate of drug-likeness (QED) is 0.620. The molecule has 2 aromatic rings. The lowest BCUT2D eigenvalue weighted by molar-refractivity contribution is -0.142. The Bertz CT molecular complexity index is 839. The molecule has 0 aliphatic rings. The molecule has 26 heavy (non-hydrogen) atoms. The Kier molecular flexibility index (Phi) is 6.68. The van der Waals surface area contributed by atoms with Crippen LogP contribution in [0.3, 0.4) is 0 Å². The molecule has 136 valence electrons. The largest absolute Gasteiger partial charge is 0.465 e. The zero-order valence-corrected chi connectivity index (χ0v) is 15.5. The zero-order chi connectivity index (χ0) is 19.1. The summed E-state index contributed by atoms with van der Waals surface area (Å²) in [4.78, 5) is 36.5. The number of rotatable bonds is 6. The molecule has 0 atom stereocenters. The first-order valence-electron chi connectivity index (χ1n) is 7.80. The standard InChI is InChI=1S/C19H19NO5S/c1-12-13(2)26-18(17(12)19(23)24-3)20-15(21)11-25-16(22)10-9-14-7-5-4-6-8-14/h4-10H,11H2,1-3H3,(H,20,21)/b10-9+. The minimum Gasteiger partial charge on any atom is -0.465 e. The lowest BCUT2D eigenvalue weighted by Gasteiger charge is -2.06. The Morgan fingerprint density at radius 1 is 1.15 bits per heavy atom. The molecular formula is C19H19NO5S. The summed E-state index contributed by atoms with van der Waals surface area (Å²) in [6, 6.07) is 9.25. The van der Waals surface area contributed by atoms with Gasteiger partial charge in [-0.25, -0.2) is 9.59 Å². The van der Waals surface area contributed by atoms with Crippen LogP contribution in [0.25, 0.3) is 6.08 Å². The molecule has 0 saturated heterocycles. The van der Waals surface area contributed by atoms with Gasteiger partial charge in [0.25, 0.3) is 5.91 Å². The van der Waals surface area contributed by atoms with Crippen molar-refractivity contribution in [1.82, 2.24) is 0 Å². The summed E-state index contributed by atoms with van der Waals surface area (Å²) in [5, 5.41) is 2.98. The van der Waals surface area contributed by atoms with Gasteiger partial charge in [0.05, 0.1) is 12.7 Å². The van der Waals surface area contributed by atoms with Crippen LogP contribution in [-0.4, -0.2) is 31.6 Å². The average molecular weight is 373 g/mol. The molecule has 1 aromatic carbocycles. The first kappa shape index (κ1) is 19.4. The summed E-state index contributed by atoms with van der Waals surface area (Å²) in [5.41, 5.74) is 1.92. The number of amides is 1. The van der Waals surface area contributed by atoms with E-state index in [0.717, 1.165) is 16.0 Å². The summed E-state index contributed by atoms with van der Waals surface area (Å²) < 4.78 is 9.66. The van der Waals surface area contributed by atoms with E-state index in [9.17, 15) is 14.4 Å². The van der Waals surface area contributed by atoms with E-state index in [1.807, 2.05) is 37.3 Å². The van der Waals surface area contributed by atoms with Gasteiger partial charge in [-0.2, -0.15) is 0 Å². The molecule has 0 radical (unpaired) electrons. The normalized spacial score (nSPS) is 10.6. The summed E-state index contributed by atoms with van der Waals surface area (Å²) >= 11 is 1.27. The molecule has 7 heteroatoms. The topological polar surface area (TPSA) is 81.7 Å². The van der Waals surface area contributed by atoms with Crippen molar-refractivity contribution in [2.45, 2.75) is 13.8 Å². The third-order valence-corrected chi connectivity index (χ3v) is 4.71. The first-order chi connectivity index (χ1) is 12.4. The van der Waals surface area contributed by atoms with E-state index in [4.69, 9.17) is 9.47 Å². The number of anilines is 1. The van der Waals surface area contributed by atoms with Crippen LogP contribution in [0.15, 0.2) is 36.4 Å². The Labute approximate surface area is 155 Å². The van der Waals surface area contributed by atoms with Crippen LogP contribution < -0.4 is 5.32 Å². The highest BCUT2D eigenvalue weighted by Gasteiger charge is 2.21. The third kappa shape index (κ3) is 5.03. The van der Waals surface area contributed by atoms with Gasteiger partial charge in [-0.3, -0.25) is 4.79 Å². The van der Waals surface area contributed by atoms with Crippen molar-refractivity contribution in [2.75, 3.05) is 19.0 Å². The van der Waals surface area contributed by atoms with Gasteiger partial charge in [0.2, 0.25) is 0 Å².